The molecule has 1 aromatic rings. The van der Waals surface area contributed by atoms with E-state index < -0.39 is 33.7 Å². The molecule has 0 saturated carbocycles. The molecule has 0 aliphatic rings. The van der Waals surface area contributed by atoms with Crippen LogP contribution < -0.4 is 5.32 Å². The molecule has 0 fully saturated rings. The lowest BCUT2D eigenvalue weighted by Crippen LogP contribution is -2.12. The molecule has 0 spiro atoms. The number of aliphatic carboxylic acids is 1. The Morgan fingerprint density at radius 2 is 1.72 bits per heavy atom. The van der Waals surface area contributed by atoms with Crippen LogP contribution >= 0.6 is 0 Å². The van der Waals surface area contributed by atoms with Gasteiger partial charge < -0.3 is 10.4 Å². The van der Waals surface area contributed by atoms with E-state index in [4.69, 9.17) is 5.11 Å². The first kappa shape index (κ1) is 13.4. The normalized spacial score (nSPS) is 9.83. The maximum atomic E-state index is 10.7. The number of nitro benzene ring substituents is 2. The summed E-state index contributed by atoms with van der Waals surface area (Å²) in [5.74, 6) is -1.18. The molecule has 0 aromatic heterocycles. The second-order valence-corrected chi connectivity index (χ2v) is 3.40. The first-order chi connectivity index (χ1) is 8.32. The minimum absolute atomic E-state index is 0.0152. The van der Waals surface area contributed by atoms with Crippen LogP contribution in [-0.2, 0) is 4.79 Å². The van der Waals surface area contributed by atoms with Gasteiger partial charge >= 0.3 is 5.97 Å². The van der Waals surface area contributed by atoms with E-state index in [1.165, 1.54) is 6.92 Å². The summed E-state index contributed by atoms with van der Waals surface area (Å²) in [6.07, 6.45) is 0. The highest BCUT2D eigenvalue weighted by molar-refractivity contribution is 5.74. The van der Waals surface area contributed by atoms with Gasteiger partial charge in [0.15, 0.2) is 0 Å². The summed E-state index contributed by atoms with van der Waals surface area (Å²) in [7, 11) is 0. The molecule has 18 heavy (non-hydrogen) atoms. The first-order valence-corrected chi connectivity index (χ1v) is 4.72. The van der Waals surface area contributed by atoms with Crippen LogP contribution in [0, 0.1) is 27.2 Å². The third-order valence-corrected chi connectivity index (χ3v) is 2.19. The molecule has 2 N–H and O–H groups in total. The van der Waals surface area contributed by atoms with Gasteiger partial charge in [-0.1, -0.05) is 0 Å². The molecule has 96 valence electrons. The minimum Gasteiger partial charge on any atom is -0.480 e. The van der Waals surface area contributed by atoms with E-state index in [1.54, 1.807) is 0 Å². The molecule has 0 radical (unpaired) electrons. The molecule has 1 aromatic carbocycles. The molecule has 0 saturated heterocycles. The zero-order valence-corrected chi connectivity index (χ0v) is 9.24. The molecule has 0 heterocycles. The lowest BCUT2D eigenvalue weighted by molar-refractivity contribution is -0.395. The summed E-state index contributed by atoms with van der Waals surface area (Å²) in [5, 5.41) is 32.3. The topological polar surface area (TPSA) is 136 Å². The van der Waals surface area contributed by atoms with Crippen LogP contribution in [0.15, 0.2) is 12.1 Å². The highest BCUT2D eigenvalue weighted by Crippen LogP contribution is 2.31. The standard InChI is InChI=1S/C9H9N3O6/c1-5-7(11(15)16)2-6(10-4-9(13)14)3-8(5)12(17)18/h2-3,10H,4H2,1H3,(H,13,14). The molecule has 0 atom stereocenters. The van der Waals surface area contributed by atoms with Crippen molar-refractivity contribution in [2.24, 2.45) is 0 Å². The number of carboxylic acids is 1. The number of hydrogen-bond acceptors (Lipinski definition) is 6. The van der Waals surface area contributed by atoms with E-state index in [2.05, 4.69) is 5.32 Å². The van der Waals surface area contributed by atoms with Crippen molar-refractivity contribution in [1.29, 1.82) is 0 Å². The maximum absolute atomic E-state index is 10.7. The molecule has 0 amide bonds. The molecule has 0 unspecified atom stereocenters. The second-order valence-electron chi connectivity index (χ2n) is 3.40. The van der Waals surface area contributed by atoms with Crippen LogP contribution in [0.3, 0.4) is 0 Å². The smallest absolute Gasteiger partial charge is 0.322 e. The maximum Gasteiger partial charge on any atom is 0.322 e. The number of nitro groups is 2. The summed E-state index contributed by atoms with van der Waals surface area (Å²) in [5.41, 5.74) is -0.929. The van der Waals surface area contributed by atoms with E-state index in [9.17, 15) is 25.0 Å². The van der Waals surface area contributed by atoms with E-state index in [0.717, 1.165) is 12.1 Å². The third-order valence-electron chi connectivity index (χ3n) is 2.19. The van der Waals surface area contributed by atoms with Crippen molar-refractivity contribution in [3.8, 4) is 0 Å². The summed E-state index contributed by atoms with van der Waals surface area (Å²) < 4.78 is 0. The average Bonchev–Trinajstić information content (AvgIpc) is 2.26. The van der Waals surface area contributed by atoms with Gasteiger partial charge in [0.1, 0.15) is 12.1 Å². The Balaban J connectivity index is 3.24. The number of carboxylic acid groups (broad SMARTS) is 1. The Labute approximate surface area is 100 Å². The van der Waals surface area contributed by atoms with E-state index in [-0.39, 0.29) is 11.3 Å². The summed E-state index contributed by atoms with van der Waals surface area (Å²) in [6.45, 7) is 0.772. The SMILES string of the molecule is Cc1c([N+](=O)[O-])cc(NCC(=O)O)cc1[N+](=O)[O-]. The highest BCUT2D eigenvalue weighted by Gasteiger charge is 2.23. The fourth-order valence-corrected chi connectivity index (χ4v) is 1.34. The fourth-order valence-electron chi connectivity index (χ4n) is 1.34. The predicted molar refractivity (Wildman–Crippen MR) is 60.6 cm³/mol. The number of carbonyl (C=O) groups is 1. The molecule has 9 heteroatoms. The molecular formula is C9H9N3O6. The average molecular weight is 255 g/mol. The molecule has 0 aliphatic carbocycles. The van der Waals surface area contributed by atoms with E-state index in [0.29, 0.717) is 0 Å². The van der Waals surface area contributed by atoms with Crippen LogP contribution in [0.5, 0.6) is 0 Å². The Hall–Kier alpha value is -2.71. The number of nitrogens with one attached hydrogen (secondary N) is 1. The number of hydrogen-bond donors (Lipinski definition) is 2. The number of benzene rings is 1. The van der Waals surface area contributed by atoms with Crippen LogP contribution in [0.1, 0.15) is 5.56 Å². The summed E-state index contributed by atoms with van der Waals surface area (Å²) >= 11 is 0. The fraction of sp³-hybridized carbons (Fsp3) is 0.222. The van der Waals surface area contributed by atoms with Crippen molar-refractivity contribution in [3.63, 3.8) is 0 Å². The van der Waals surface area contributed by atoms with Gasteiger partial charge in [-0.3, -0.25) is 25.0 Å². The van der Waals surface area contributed by atoms with Gasteiger partial charge in [0.05, 0.1) is 9.85 Å². The van der Waals surface area contributed by atoms with Crippen molar-refractivity contribution in [2.45, 2.75) is 6.92 Å². The highest BCUT2D eigenvalue weighted by atomic mass is 16.6. The minimum atomic E-state index is -1.18. The molecule has 0 aliphatic heterocycles. The van der Waals surface area contributed by atoms with Crippen molar-refractivity contribution >= 4 is 23.0 Å². The number of anilines is 1. The molecule has 1 rings (SSSR count). The van der Waals surface area contributed by atoms with E-state index >= 15 is 0 Å². The van der Waals surface area contributed by atoms with Crippen molar-refractivity contribution in [2.75, 3.05) is 11.9 Å². The van der Waals surface area contributed by atoms with Gasteiger partial charge in [-0.15, -0.1) is 0 Å². The van der Waals surface area contributed by atoms with Crippen LogP contribution in [0.2, 0.25) is 0 Å². The zero-order valence-electron chi connectivity index (χ0n) is 9.24. The van der Waals surface area contributed by atoms with Gasteiger partial charge in [-0.2, -0.15) is 0 Å². The van der Waals surface area contributed by atoms with Gasteiger partial charge in [-0.25, -0.2) is 0 Å². The predicted octanol–water partition coefficient (Wildman–Crippen LogP) is 1.31. The second kappa shape index (κ2) is 5.08. The third kappa shape index (κ3) is 2.90. The Kier molecular flexibility index (Phi) is 3.77. The summed E-state index contributed by atoms with van der Waals surface area (Å²) in [4.78, 5) is 30.3. The largest absolute Gasteiger partial charge is 0.480 e. The van der Waals surface area contributed by atoms with Crippen molar-refractivity contribution < 1.29 is 19.7 Å². The first-order valence-electron chi connectivity index (χ1n) is 4.72. The Morgan fingerprint density at radius 3 is 2.06 bits per heavy atom. The lowest BCUT2D eigenvalue weighted by Gasteiger charge is -2.05. The van der Waals surface area contributed by atoms with Crippen LogP contribution in [0.4, 0.5) is 17.1 Å². The van der Waals surface area contributed by atoms with Gasteiger partial charge in [0, 0.05) is 17.8 Å². The molecule has 0 bridgehead atoms. The van der Waals surface area contributed by atoms with Crippen LogP contribution in [-0.4, -0.2) is 27.5 Å². The van der Waals surface area contributed by atoms with Gasteiger partial charge in [0.2, 0.25) is 0 Å². The lowest BCUT2D eigenvalue weighted by atomic mass is 10.1. The van der Waals surface area contributed by atoms with Crippen molar-refractivity contribution in [1.82, 2.24) is 0 Å². The zero-order chi connectivity index (χ0) is 13.9. The van der Waals surface area contributed by atoms with Crippen molar-refractivity contribution in [3.05, 3.63) is 37.9 Å². The number of rotatable bonds is 5. The molecular weight excluding hydrogens is 246 g/mol. The van der Waals surface area contributed by atoms with E-state index in [1.807, 2.05) is 0 Å². The van der Waals surface area contributed by atoms with Crippen LogP contribution in [0.25, 0.3) is 0 Å². The van der Waals surface area contributed by atoms with Gasteiger partial charge in [-0.05, 0) is 6.92 Å². The van der Waals surface area contributed by atoms with Gasteiger partial charge in [0.25, 0.3) is 11.4 Å². The number of nitrogens with zero attached hydrogens (tertiary/aromatic N) is 2. The Morgan fingerprint density at radius 1 is 1.28 bits per heavy atom. The molecule has 9 nitrogen and oxygen atoms in total. The summed E-state index contributed by atoms with van der Waals surface area (Å²) in [6, 6.07) is 2.12. The monoisotopic (exact) mass is 255 g/mol. The quantitative estimate of drug-likeness (QED) is 0.597. The Bertz CT molecular complexity index is 492.